The Balaban J connectivity index is 1.29. The van der Waals surface area contributed by atoms with E-state index in [9.17, 15) is 0 Å². The fraction of sp³-hybridized carbons (Fsp3) is 0. The fourth-order valence-electron chi connectivity index (χ4n) is 7.78. The van der Waals surface area contributed by atoms with Gasteiger partial charge in [0.1, 0.15) is 28.2 Å². The zero-order valence-electron chi connectivity index (χ0n) is 25.9. The van der Waals surface area contributed by atoms with Crippen molar-refractivity contribution in [1.82, 2.24) is 0 Å². The van der Waals surface area contributed by atoms with Crippen LogP contribution in [0.1, 0.15) is 0 Å². The van der Waals surface area contributed by atoms with Gasteiger partial charge in [0.05, 0.1) is 6.26 Å². The molecule has 0 radical (unpaired) electrons. The summed E-state index contributed by atoms with van der Waals surface area (Å²) in [5.74, 6) is 1.78. The van der Waals surface area contributed by atoms with E-state index in [-0.39, 0.29) is 0 Å². The van der Waals surface area contributed by atoms with Crippen LogP contribution in [0.3, 0.4) is 0 Å². The summed E-state index contributed by atoms with van der Waals surface area (Å²) in [7, 11) is -2.94. The maximum absolute atomic E-state index is 6.85. The molecule has 48 heavy (non-hydrogen) atoms. The third-order valence-corrected chi connectivity index (χ3v) is 14.7. The molecule has 10 rings (SSSR count). The van der Waals surface area contributed by atoms with Gasteiger partial charge in [0, 0.05) is 27.3 Å². The van der Waals surface area contributed by atoms with Gasteiger partial charge in [-0.25, -0.2) is 0 Å². The van der Waals surface area contributed by atoms with Gasteiger partial charge in [0.2, 0.25) is 0 Å². The highest BCUT2D eigenvalue weighted by molar-refractivity contribution is 7.20. The largest absolute Gasteiger partial charge is 0.464 e. The molecule has 3 heterocycles. The molecule has 0 aliphatic carbocycles. The van der Waals surface area contributed by atoms with Gasteiger partial charge in [-0.2, -0.15) is 0 Å². The summed E-state index contributed by atoms with van der Waals surface area (Å²) in [6.07, 6.45) is 1.77. The molecule has 3 nitrogen and oxygen atoms in total. The molecule has 0 fully saturated rings. The summed E-state index contributed by atoms with van der Waals surface area (Å²) in [6.45, 7) is 0. The van der Waals surface area contributed by atoms with E-state index in [0.717, 1.165) is 66.7 Å². The molecular weight excluding hydrogens is 605 g/mol. The molecule has 0 N–H and O–H groups in total. The number of ether oxygens (including phenoxy) is 1. The van der Waals surface area contributed by atoms with Gasteiger partial charge >= 0.3 is 0 Å². The van der Waals surface area contributed by atoms with Gasteiger partial charge in [-0.3, -0.25) is 0 Å². The van der Waals surface area contributed by atoms with Gasteiger partial charge in [-0.15, -0.1) is 0 Å². The number of benzene rings is 7. The van der Waals surface area contributed by atoms with E-state index in [1.54, 1.807) is 6.26 Å². The molecule has 1 aliphatic heterocycles. The summed E-state index contributed by atoms with van der Waals surface area (Å²) < 4.78 is 19.4. The van der Waals surface area contributed by atoms with Crippen molar-refractivity contribution in [3.63, 3.8) is 0 Å². The Kier molecular flexibility index (Phi) is 5.89. The zero-order chi connectivity index (χ0) is 31.7. The number of furan rings is 2. The van der Waals surface area contributed by atoms with Crippen LogP contribution < -0.4 is 25.5 Å². The average Bonchev–Trinajstić information content (AvgIpc) is 3.79. The second kappa shape index (κ2) is 10.5. The highest BCUT2D eigenvalue weighted by Crippen LogP contribution is 2.39. The Morgan fingerprint density at radius 3 is 1.71 bits per heavy atom. The van der Waals surface area contributed by atoms with E-state index in [0.29, 0.717) is 0 Å². The lowest BCUT2D eigenvalue weighted by molar-refractivity contribution is 0.487. The first-order valence-corrected chi connectivity index (χ1v) is 18.2. The van der Waals surface area contributed by atoms with Crippen molar-refractivity contribution in [3.05, 3.63) is 170 Å². The van der Waals surface area contributed by atoms with Crippen LogP contribution in [0.15, 0.2) is 179 Å². The fourth-order valence-corrected chi connectivity index (χ4v) is 12.8. The normalized spacial score (nSPS) is 13.3. The van der Waals surface area contributed by atoms with Crippen LogP contribution in [0.2, 0.25) is 0 Å². The average molecular weight is 633 g/mol. The Bertz CT molecular complexity index is 2610. The van der Waals surface area contributed by atoms with Crippen LogP contribution in [0, 0.1) is 0 Å². The van der Waals surface area contributed by atoms with E-state index < -0.39 is 8.07 Å². The Hall–Kier alpha value is -6.10. The molecule has 4 heteroatoms. The quantitative estimate of drug-likeness (QED) is 0.182. The first kappa shape index (κ1) is 27.1. The second-order valence-corrected chi connectivity index (χ2v) is 16.2. The van der Waals surface area contributed by atoms with E-state index >= 15 is 0 Å². The second-order valence-electron chi connectivity index (χ2n) is 12.4. The minimum atomic E-state index is -2.94. The molecule has 0 saturated heterocycles. The van der Waals surface area contributed by atoms with Gasteiger partial charge < -0.3 is 13.6 Å². The van der Waals surface area contributed by atoms with Gasteiger partial charge in [-0.1, -0.05) is 140 Å². The molecule has 1 aliphatic rings. The standard InChI is InChI=1S/C44H28O3Si/c1-3-12-32(13-4-1)48(33-14-5-2-6-15-33)41-27-30(34-17-9-11-29-25-26-45-43(29)34)21-23-39(41)46-40-24-22-31(28-42(40)48)35-18-10-19-37-36-16-7-8-20-38(36)47-44(35)37/h1-28H. The summed E-state index contributed by atoms with van der Waals surface area (Å²) in [6, 6.07) is 58.5. The molecule has 9 aromatic rings. The third kappa shape index (κ3) is 3.87. The Morgan fingerprint density at radius 1 is 0.438 bits per heavy atom. The van der Waals surface area contributed by atoms with Crippen molar-refractivity contribution in [2.75, 3.05) is 0 Å². The van der Waals surface area contributed by atoms with Crippen LogP contribution in [0.4, 0.5) is 0 Å². The minimum absolute atomic E-state index is 0.891. The molecule has 7 aromatic carbocycles. The molecule has 0 atom stereocenters. The Labute approximate surface area is 278 Å². The van der Waals surface area contributed by atoms with Crippen molar-refractivity contribution >= 4 is 61.7 Å². The summed E-state index contributed by atoms with van der Waals surface area (Å²) in [4.78, 5) is 0. The molecule has 226 valence electrons. The highest BCUT2D eigenvalue weighted by atomic mass is 28.3. The molecule has 2 aromatic heterocycles. The number of hydrogen-bond donors (Lipinski definition) is 0. The smallest absolute Gasteiger partial charge is 0.188 e. The summed E-state index contributed by atoms with van der Waals surface area (Å²) in [5, 5.41) is 8.36. The lowest BCUT2D eigenvalue weighted by atomic mass is 10.0. The van der Waals surface area contributed by atoms with Crippen LogP contribution in [-0.2, 0) is 0 Å². The molecule has 0 unspecified atom stereocenters. The van der Waals surface area contributed by atoms with Gasteiger partial charge in [0.25, 0.3) is 0 Å². The number of fused-ring (bicyclic) bond motifs is 6. The predicted octanol–water partition coefficient (Wildman–Crippen LogP) is 9.15. The topological polar surface area (TPSA) is 35.5 Å². The van der Waals surface area contributed by atoms with Crippen LogP contribution in [-0.4, -0.2) is 8.07 Å². The molecule has 0 saturated carbocycles. The number of para-hydroxylation sites is 3. The van der Waals surface area contributed by atoms with E-state index in [2.05, 4.69) is 146 Å². The first-order valence-electron chi connectivity index (χ1n) is 16.2. The molecule has 0 amide bonds. The number of hydrogen-bond acceptors (Lipinski definition) is 3. The van der Waals surface area contributed by atoms with Gasteiger partial charge in [0.15, 0.2) is 8.07 Å². The number of rotatable bonds is 4. The summed E-state index contributed by atoms with van der Waals surface area (Å²) >= 11 is 0. The maximum atomic E-state index is 6.85. The first-order chi connectivity index (χ1) is 23.8. The predicted molar refractivity (Wildman–Crippen MR) is 198 cm³/mol. The van der Waals surface area contributed by atoms with Crippen LogP contribution >= 0.6 is 0 Å². The molecular formula is C44H28O3Si. The van der Waals surface area contributed by atoms with E-state index in [1.807, 2.05) is 18.2 Å². The SMILES string of the molecule is c1ccc([Si]2(c3ccccc3)c3cc(-c4cccc5ccoc45)ccc3Oc3ccc(-c4cccc5c4oc4ccccc45)cc32)cc1. The molecule has 0 spiro atoms. The zero-order valence-corrected chi connectivity index (χ0v) is 26.9. The lowest BCUT2D eigenvalue weighted by Gasteiger charge is -2.40. The van der Waals surface area contributed by atoms with Crippen molar-refractivity contribution in [2.45, 2.75) is 0 Å². The van der Waals surface area contributed by atoms with Gasteiger partial charge in [-0.05, 0) is 56.1 Å². The van der Waals surface area contributed by atoms with Crippen LogP contribution in [0.5, 0.6) is 11.5 Å². The lowest BCUT2D eigenvalue weighted by Crippen LogP contribution is -2.76. The van der Waals surface area contributed by atoms with E-state index in [1.165, 1.54) is 20.7 Å². The maximum Gasteiger partial charge on any atom is 0.188 e. The van der Waals surface area contributed by atoms with Crippen molar-refractivity contribution < 1.29 is 13.6 Å². The molecule has 0 bridgehead atoms. The van der Waals surface area contributed by atoms with Crippen LogP contribution in [0.25, 0.3) is 55.2 Å². The van der Waals surface area contributed by atoms with Crippen molar-refractivity contribution in [2.24, 2.45) is 0 Å². The van der Waals surface area contributed by atoms with E-state index in [4.69, 9.17) is 13.6 Å². The van der Waals surface area contributed by atoms with Crippen molar-refractivity contribution in [1.29, 1.82) is 0 Å². The Morgan fingerprint density at radius 2 is 1.02 bits per heavy atom. The minimum Gasteiger partial charge on any atom is -0.464 e. The highest BCUT2D eigenvalue weighted by Gasteiger charge is 2.48. The monoisotopic (exact) mass is 632 g/mol. The summed E-state index contributed by atoms with van der Waals surface area (Å²) in [5.41, 5.74) is 7.03. The van der Waals surface area contributed by atoms with Crippen molar-refractivity contribution in [3.8, 4) is 33.8 Å². The third-order valence-electron chi connectivity index (χ3n) is 9.91.